The lowest BCUT2D eigenvalue weighted by Crippen LogP contribution is -2.28. The topological polar surface area (TPSA) is 44.3 Å². The first-order chi connectivity index (χ1) is 6.61. The Hall–Kier alpha value is -1.77. The Balaban J connectivity index is 3.03. The molecule has 0 aliphatic rings. The molecular weight excluding hydrogens is 178 g/mol. The van der Waals surface area contributed by atoms with Crippen LogP contribution in [-0.4, -0.2) is 10.2 Å². The van der Waals surface area contributed by atoms with Crippen molar-refractivity contribution in [1.82, 2.24) is 0 Å². The van der Waals surface area contributed by atoms with Gasteiger partial charge in [-0.15, -0.1) is 0 Å². The molecule has 1 aromatic carbocycles. The third-order valence-electron chi connectivity index (χ3n) is 2.43. The van der Waals surface area contributed by atoms with Crippen LogP contribution in [0.2, 0.25) is 0 Å². The lowest BCUT2D eigenvalue weighted by Gasteiger charge is -2.04. The van der Waals surface area contributed by atoms with E-state index in [0.717, 1.165) is 10.9 Å². The van der Waals surface area contributed by atoms with Gasteiger partial charge in [0.1, 0.15) is 7.05 Å². The highest BCUT2D eigenvalue weighted by atomic mass is 16.3. The van der Waals surface area contributed by atoms with Crippen molar-refractivity contribution < 1.29 is 14.8 Å². The number of aryl methyl sites for hydroxylation is 2. The summed E-state index contributed by atoms with van der Waals surface area (Å²) in [5.41, 5.74) is 1.61. The summed E-state index contributed by atoms with van der Waals surface area (Å²) in [6.45, 7) is 1.90. The highest BCUT2D eigenvalue weighted by Gasteiger charge is 2.15. The van der Waals surface area contributed by atoms with Gasteiger partial charge in [0, 0.05) is 6.07 Å². The van der Waals surface area contributed by atoms with Gasteiger partial charge in [0.15, 0.2) is 11.9 Å². The van der Waals surface area contributed by atoms with E-state index in [2.05, 4.69) is 0 Å². The van der Waals surface area contributed by atoms with E-state index in [1.54, 1.807) is 10.6 Å². The highest BCUT2D eigenvalue weighted by Crippen LogP contribution is 2.33. The molecule has 0 amide bonds. The fourth-order valence-corrected chi connectivity index (χ4v) is 1.70. The number of phenols is 2. The van der Waals surface area contributed by atoms with Gasteiger partial charge in [0.2, 0.25) is 5.75 Å². The number of fused-ring (bicyclic) bond motifs is 1. The molecule has 0 saturated carbocycles. The summed E-state index contributed by atoms with van der Waals surface area (Å²) in [5, 5.41) is 20.1. The van der Waals surface area contributed by atoms with Crippen molar-refractivity contribution in [1.29, 1.82) is 0 Å². The normalized spacial score (nSPS) is 10.7. The van der Waals surface area contributed by atoms with Crippen molar-refractivity contribution in [2.75, 3.05) is 0 Å². The van der Waals surface area contributed by atoms with Gasteiger partial charge in [-0.05, 0) is 24.6 Å². The SMILES string of the molecule is Cc1cc(O)c(O)c2c1ccc[n+]2C. The second kappa shape index (κ2) is 2.87. The summed E-state index contributed by atoms with van der Waals surface area (Å²) in [4.78, 5) is 0. The Morgan fingerprint density at radius 2 is 2.00 bits per heavy atom. The van der Waals surface area contributed by atoms with Crippen LogP contribution in [0.4, 0.5) is 0 Å². The number of pyridine rings is 1. The predicted molar refractivity (Wildman–Crippen MR) is 53.2 cm³/mol. The van der Waals surface area contributed by atoms with E-state index >= 15 is 0 Å². The van der Waals surface area contributed by atoms with Crippen LogP contribution in [0.15, 0.2) is 24.4 Å². The number of benzene rings is 1. The first-order valence-electron chi connectivity index (χ1n) is 4.41. The maximum atomic E-state index is 9.69. The van der Waals surface area contributed by atoms with Gasteiger partial charge in [0.25, 0.3) is 5.52 Å². The number of rotatable bonds is 0. The smallest absolute Gasteiger partial charge is 0.258 e. The molecule has 2 rings (SSSR count). The van der Waals surface area contributed by atoms with Crippen molar-refractivity contribution in [3.05, 3.63) is 30.0 Å². The zero-order valence-corrected chi connectivity index (χ0v) is 8.15. The summed E-state index contributed by atoms with van der Waals surface area (Å²) in [7, 11) is 1.83. The molecule has 72 valence electrons. The molecule has 0 radical (unpaired) electrons. The highest BCUT2D eigenvalue weighted by molar-refractivity contribution is 5.86. The van der Waals surface area contributed by atoms with Gasteiger partial charge in [-0.2, -0.15) is 4.57 Å². The van der Waals surface area contributed by atoms with Crippen LogP contribution in [0.3, 0.4) is 0 Å². The van der Waals surface area contributed by atoms with E-state index in [-0.39, 0.29) is 11.5 Å². The third kappa shape index (κ3) is 1.09. The number of aromatic hydroxyl groups is 2. The van der Waals surface area contributed by atoms with E-state index in [0.29, 0.717) is 5.52 Å². The van der Waals surface area contributed by atoms with Gasteiger partial charge in [-0.1, -0.05) is 0 Å². The molecule has 3 heteroatoms. The maximum Gasteiger partial charge on any atom is 0.258 e. The lowest BCUT2D eigenvalue weighted by molar-refractivity contribution is -0.645. The molecule has 0 aliphatic heterocycles. The second-order valence-corrected chi connectivity index (χ2v) is 3.44. The quantitative estimate of drug-likeness (QED) is 0.487. The number of hydrogen-bond donors (Lipinski definition) is 2. The minimum Gasteiger partial charge on any atom is -0.504 e. The van der Waals surface area contributed by atoms with E-state index in [9.17, 15) is 10.2 Å². The van der Waals surface area contributed by atoms with E-state index < -0.39 is 0 Å². The molecule has 0 saturated heterocycles. The third-order valence-corrected chi connectivity index (χ3v) is 2.43. The average Bonchev–Trinajstić information content (AvgIpc) is 2.14. The molecule has 2 N–H and O–H groups in total. The Morgan fingerprint density at radius 3 is 2.71 bits per heavy atom. The largest absolute Gasteiger partial charge is 0.504 e. The van der Waals surface area contributed by atoms with Crippen molar-refractivity contribution in [3.8, 4) is 11.5 Å². The van der Waals surface area contributed by atoms with Crippen molar-refractivity contribution in [2.24, 2.45) is 7.05 Å². The fourth-order valence-electron chi connectivity index (χ4n) is 1.70. The second-order valence-electron chi connectivity index (χ2n) is 3.44. The van der Waals surface area contributed by atoms with E-state index in [1.165, 1.54) is 0 Å². The van der Waals surface area contributed by atoms with Gasteiger partial charge in [0.05, 0.1) is 5.39 Å². The minimum atomic E-state index is -0.0724. The summed E-state index contributed by atoms with van der Waals surface area (Å²) in [5.74, 6) is -0.134. The van der Waals surface area contributed by atoms with E-state index in [4.69, 9.17) is 0 Å². The first kappa shape index (κ1) is 8.81. The van der Waals surface area contributed by atoms with Crippen LogP contribution in [0.5, 0.6) is 11.5 Å². The number of nitrogens with zero attached hydrogens (tertiary/aromatic N) is 1. The first-order valence-corrected chi connectivity index (χ1v) is 4.41. The number of phenolic OH excluding ortho intramolecular Hbond substituents is 2. The molecule has 2 aromatic rings. The molecule has 0 spiro atoms. The average molecular weight is 190 g/mol. The van der Waals surface area contributed by atoms with Crippen molar-refractivity contribution in [2.45, 2.75) is 6.92 Å². The molecule has 0 fully saturated rings. The summed E-state index contributed by atoms with van der Waals surface area (Å²) in [6.07, 6.45) is 1.83. The van der Waals surface area contributed by atoms with Gasteiger partial charge in [-0.3, -0.25) is 0 Å². The monoisotopic (exact) mass is 190 g/mol. The predicted octanol–water partition coefficient (Wildman–Crippen LogP) is 1.38. The molecule has 1 heterocycles. The van der Waals surface area contributed by atoms with Gasteiger partial charge < -0.3 is 10.2 Å². The lowest BCUT2D eigenvalue weighted by atomic mass is 10.1. The summed E-state index contributed by atoms with van der Waals surface area (Å²) >= 11 is 0. The van der Waals surface area contributed by atoms with E-state index in [1.807, 2.05) is 32.3 Å². The van der Waals surface area contributed by atoms with Crippen LogP contribution in [-0.2, 0) is 7.05 Å². The van der Waals surface area contributed by atoms with Crippen LogP contribution in [0.25, 0.3) is 10.9 Å². The Labute approximate surface area is 81.9 Å². The molecular formula is C11H12NO2+. The molecule has 3 nitrogen and oxygen atoms in total. The van der Waals surface area contributed by atoms with Crippen LogP contribution in [0.1, 0.15) is 5.56 Å². The summed E-state index contributed by atoms with van der Waals surface area (Å²) in [6, 6.07) is 5.40. The Bertz CT molecular complexity index is 506. The number of aromatic nitrogens is 1. The molecule has 1 aromatic heterocycles. The molecule has 0 aliphatic carbocycles. The standard InChI is InChI=1S/C11H11NO2/c1-7-6-9(13)11(14)10-8(7)4-3-5-12(10)2/h3-6,14H,1-2H3/p+1. The Morgan fingerprint density at radius 1 is 1.29 bits per heavy atom. The fraction of sp³-hybridized carbons (Fsp3) is 0.182. The maximum absolute atomic E-state index is 9.69. The van der Waals surface area contributed by atoms with Gasteiger partial charge in [-0.25, -0.2) is 0 Å². The van der Waals surface area contributed by atoms with Crippen LogP contribution >= 0.6 is 0 Å². The molecule has 0 bridgehead atoms. The Kier molecular flexibility index (Phi) is 1.81. The zero-order valence-electron chi connectivity index (χ0n) is 8.15. The van der Waals surface area contributed by atoms with Crippen LogP contribution < -0.4 is 4.57 Å². The number of hydrogen-bond acceptors (Lipinski definition) is 2. The van der Waals surface area contributed by atoms with Crippen LogP contribution in [0, 0.1) is 6.92 Å². The zero-order chi connectivity index (χ0) is 10.3. The molecule has 14 heavy (non-hydrogen) atoms. The van der Waals surface area contributed by atoms with Gasteiger partial charge >= 0.3 is 0 Å². The minimum absolute atomic E-state index is 0.0614. The van der Waals surface area contributed by atoms with Crippen molar-refractivity contribution in [3.63, 3.8) is 0 Å². The summed E-state index contributed by atoms with van der Waals surface area (Å²) < 4.78 is 1.79. The molecule has 0 unspecified atom stereocenters. The van der Waals surface area contributed by atoms with Crippen molar-refractivity contribution >= 4 is 10.9 Å². The molecule has 0 atom stereocenters.